The molecule has 0 aromatic rings. The van der Waals surface area contributed by atoms with Crippen LogP contribution in [0.15, 0.2) is 0 Å². The minimum Gasteiger partial charge on any atom is -0.369 e. The quantitative estimate of drug-likeness (QED) is 0.481. The molecule has 1 aliphatic rings. The molecule has 60 valence electrons. The molecule has 1 N–H and O–H groups in total. The van der Waals surface area contributed by atoms with Crippen molar-refractivity contribution in [2.24, 2.45) is 0 Å². The summed E-state index contributed by atoms with van der Waals surface area (Å²) in [5, 5.41) is 9.48. The Morgan fingerprint density at radius 1 is 1.91 bits per heavy atom. The van der Waals surface area contributed by atoms with Crippen LogP contribution in [-0.2, 0) is 4.79 Å². The third-order valence-electron chi connectivity index (χ3n) is 2.16. The zero-order valence-electron chi connectivity index (χ0n) is 6.66. The molecule has 0 spiro atoms. The van der Waals surface area contributed by atoms with Gasteiger partial charge in [0.2, 0.25) is 5.60 Å². The molecule has 1 rings (SSSR count). The van der Waals surface area contributed by atoms with E-state index in [2.05, 4.69) is 5.92 Å². The van der Waals surface area contributed by atoms with Gasteiger partial charge in [-0.3, -0.25) is 4.79 Å². The molecule has 0 saturated carbocycles. The molecule has 1 fully saturated rings. The van der Waals surface area contributed by atoms with Gasteiger partial charge in [0, 0.05) is 19.5 Å². The van der Waals surface area contributed by atoms with Gasteiger partial charge in [0.05, 0.1) is 0 Å². The zero-order valence-corrected chi connectivity index (χ0v) is 6.66. The lowest BCUT2D eigenvalue weighted by Crippen LogP contribution is -2.37. The Balaban J connectivity index is 2.93. The van der Waals surface area contributed by atoms with Crippen LogP contribution in [0.25, 0.3) is 0 Å². The lowest BCUT2D eigenvalue weighted by atomic mass is 10.0. The Morgan fingerprint density at radius 2 is 2.45 bits per heavy atom. The summed E-state index contributed by atoms with van der Waals surface area (Å²) >= 11 is 0. The highest BCUT2D eigenvalue weighted by Gasteiger charge is 2.46. The van der Waals surface area contributed by atoms with Gasteiger partial charge in [-0.2, -0.15) is 0 Å². The molecule has 3 heteroatoms. The summed E-state index contributed by atoms with van der Waals surface area (Å²) in [6, 6.07) is 0.0311. The van der Waals surface area contributed by atoms with Crippen LogP contribution in [0.4, 0.5) is 0 Å². The fraction of sp³-hybridized carbons (Fsp3) is 0.625. The SMILES string of the molecule is C#C[C@@]1(O)C[C@H](C)N(C)C1=O. The molecule has 11 heavy (non-hydrogen) atoms. The maximum absolute atomic E-state index is 11.2. The maximum Gasteiger partial charge on any atom is 0.267 e. The number of amides is 1. The van der Waals surface area contributed by atoms with Gasteiger partial charge >= 0.3 is 0 Å². The van der Waals surface area contributed by atoms with Gasteiger partial charge in [-0.1, -0.05) is 5.92 Å². The van der Waals surface area contributed by atoms with Crippen molar-refractivity contribution in [3.05, 3.63) is 0 Å². The van der Waals surface area contributed by atoms with Gasteiger partial charge in [0.1, 0.15) is 0 Å². The average Bonchev–Trinajstić information content (AvgIpc) is 2.17. The molecular formula is C8H11NO2. The molecule has 1 saturated heterocycles. The molecule has 1 aliphatic heterocycles. The monoisotopic (exact) mass is 153 g/mol. The van der Waals surface area contributed by atoms with Crippen LogP contribution in [0.3, 0.4) is 0 Å². The Bertz CT molecular complexity index is 231. The highest BCUT2D eigenvalue weighted by atomic mass is 16.3. The van der Waals surface area contributed by atoms with Crippen molar-refractivity contribution in [2.75, 3.05) is 7.05 Å². The lowest BCUT2D eigenvalue weighted by Gasteiger charge is -2.14. The Kier molecular flexibility index (Phi) is 1.65. The number of likely N-dealkylation sites (tertiary alicyclic amines) is 1. The summed E-state index contributed by atoms with van der Waals surface area (Å²) in [7, 11) is 1.64. The number of carbonyl (C=O) groups is 1. The van der Waals surface area contributed by atoms with Gasteiger partial charge in [-0.25, -0.2) is 0 Å². The molecule has 1 amide bonds. The number of nitrogens with zero attached hydrogens (tertiary/aromatic N) is 1. The summed E-state index contributed by atoms with van der Waals surface area (Å²) in [5.41, 5.74) is -1.55. The fourth-order valence-corrected chi connectivity index (χ4v) is 1.26. The molecule has 0 bridgehead atoms. The van der Waals surface area contributed by atoms with E-state index >= 15 is 0 Å². The summed E-state index contributed by atoms with van der Waals surface area (Å²) in [5.74, 6) is 1.75. The van der Waals surface area contributed by atoms with E-state index in [-0.39, 0.29) is 11.9 Å². The van der Waals surface area contributed by atoms with E-state index in [1.165, 1.54) is 4.90 Å². The summed E-state index contributed by atoms with van der Waals surface area (Å²) in [6.07, 6.45) is 5.37. The predicted molar refractivity (Wildman–Crippen MR) is 40.6 cm³/mol. The van der Waals surface area contributed by atoms with E-state index < -0.39 is 5.60 Å². The first-order valence-corrected chi connectivity index (χ1v) is 3.48. The van der Waals surface area contributed by atoms with Crippen LogP contribution in [0.1, 0.15) is 13.3 Å². The molecular weight excluding hydrogens is 142 g/mol. The van der Waals surface area contributed by atoms with Crippen molar-refractivity contribution >= 4 is 5.91 Å². The summed E-state index contributed by atoms with van der Waals surface area (Å²) in [4.78, 5) is 12.7. The number of aliphatic hydroxyl groups is 1. The van der Waals surface area contributed by atoms with E-state index in [0.29, 0.717) is 6.42 Å². The normalized spacial score (nSPS) is 37.5. The second-order valence-corrected chi connectivity index (χ2v) is 2.97. The van der Waals surface area contributed by atoms with Gasteiger partial charge in [-0.05, 0) is 6.92 Å². The summed E-state index contributed by atoms with van der Waals surface area (Å²) < 4.78 is 0. The van der Waals surface area contributed by atoms with Crippen molar-refractivity contribution in [1.29, 1.82) is 0 Å². The molecule has 0 aromatic heterocycles. The highest BCUT2D eigenvalue weighted by molar-refractivity contribution is 5.90. The molecule has 3 nitrogen and oxygen atoms in total. The lowest BCUT2D eigenvalue weighted by molar-refractivity contribution is -0.138. The highest BCUT2D eigenvalue weighted by Crippen LogP contribution is 2.25. The minimum absolute atomic E-state index is 0.0311. The standard InChI is InChI=1S/C8H11NO2/c1-4-8(11)5-6(2)9(3)7(8)10/h1,6,11H,5H2,2-3H3/t6-,8+/m0/s1. The van der Waals surface area contributed by atoms with E-state index in [1.54, 1.807) is 7.05 Å². The Morgan fingerprint density at radius 3 is 2.64 bits per heavy atom. The van der Waals surface area contributed by atoms with Gasteiger partial charge in [0.25, 0.3) is 5.91 Å². The Hall–Kier alpha value is -1.01. The van der Waals surface area contributed by atoms with Crippen LogP contribution in [0.5, 0.6) is 0 Å². The second kappa shape index (κ2) is 2.24. The topological polar surface area (TPSA) is 40.5 Å². The number of hydrogen-bond acceptors (Lipinski definition) is 2. The first-order valence-electron chi connectivity index (χ1n) is 3.48. The third kappa shape index (κ3) is 0.997. The molecule has 2 atom stereocenters. The Labute approximate surface area is 66.0 Å². The van der Waals surface area contributed by atoms with Gasteiger partial charge in [0.15, 0.2) is 0 Å². The number of likely N-dealkylation sites (N-methyl/N-ethyl adjacent to an activating group) is 1. The smallest absolute Gasteiger partial charge is 0.267 e. The fourth-order valence-electron chi connectivity index (χ4n) is 1.26. The van der Waals surface area contributed by atoms with Crippen LogP contribution in [0, 0.1) is 12.3 Å². The number of rotatable bonds is 0. The predicted octanol–water partition coefficient (Wildman–Crippen LogP) is -0.399. The van der Waals surface area contributed by atoms with Crippen LogP contribution in [-0.4, -0.2) is 34.6 Å². The number of terminal acetylenes is 1. The van der Waals surface area contributed by atoms with Gasteiger partial charge in [-0.15, -0.1) is 6.42 Å². The summed E-state index contributed by atoms with van der Waals surface area (Å²) in [6.45, 7) is 1.85. The van der Waals surface area contributed by atoms with E-state index in [4.69, 9.17) is 6.42 Å². The van der Waals surface area contributed by atoms with E-state index in [9.17, 15) is 9.90 Å². The van der Waals surface area contributed by atoms with Crippen molar-refractivity contribution in [2.45, 2.75) is 25.0 Å². The maximum atomic E-state index is 11.2. The molecule has 0 aliphatic carbocycles. The molecule has 0 aromatic carbocycles. The van der Waals surface area contributed by atoms with Crippen LogP contribution < -0.4 is 0 Å². The van der Waals surface area contributed by atoms with Crippen LogP contribution in [0.2, 0.25) is 0 Å². The first kappa shape index (κ1) is 8.09. The zero-order chi connectivity index (χ0) is 8.65. The minimum atomic E-state index is -1.55. The molecule has 0 radical (unpaired) electrons. The van der Waals surface area contributed by atoms with Crippen molar-refractivity contribution in [3.8, 4) is 12.3 Å². The molecule has 1 heterocycles. The van der Waals surface area contributed by atoms with Gasteiger partial charge < -0.3 is 10.0 Å². The number of hydrogen-bond donors (Lipinski definition) is 1. The average molecular weight is 153 g/mol. The van der Waals surface area contributed by atoms with Crippen LogP contribution >= 0.6 is 0 Å². The number of carbonyl (C=O) groups excluding carboxylic acids is 1. The van der Waals surface area contributed by atoms with Crippen molar-refractivity contribution in [3.63, 3.8) is 0 Å². The third-order valence-corrected chi connectivity index (χ3v) is 2.16. The largest absolute Gasteiger partial charge is 0.369 e. The van der Waals surface area contributed by atoms with Crippen molar-refractivity contribution in [1.82, 2.24) is 4.90 Å². The molecule has 0 unspecified atom stereocenters. The second-order valence-electron chi connectivity index (χ2n) is 2.97. The van der Waals surface area contributed by atoms with E-state index in [0.717, 1.165) is 0 Å². The van der Waals surface area contributed by atoms with E-state index in [1.807, 2.05) is 6.92 Å². The first-order chi connectivity index (χ1) is 5.01. The van der Waals surface area contributed by atoms with Crippen molar-refractivity contribution < 1.29 is 9.90 Å².